The van der Waals surface area contributed by atoms with Crippen LogP contribution in [0.1, 0.15) is 5.56 Å². The first-order chi connectivity index (χ1) is 8.73. The first kappa shape index (κ1) is 15.2. The van der Waals surface area contributed by atoms with Gasteiger partial charge in [-0.1, -0.05) is 25.6 Å². The molecule has 0 atom stereocenters. The number of rotatable bonds is 1. The molecule has 1 rings (SSSR count). The zero-order valence-electron chi connectivity index (χ0n) is 11.2. The molecule has 0 aliphatic heterocycles. The highest BCUT2D eigenvalue weighted by atomic mass is 28.3. The molecule has 6 heteroatoms. The average Bonchev–Trinajstić information content (AvgIpc) is 2.30. The van der Waals surface area contributed by atoms with Gasteiger partial charge in [-0.25, -0.2) is 13.6 Å². The molecule has 19 heavy (non-hydrogen) atoms. The number of carbonyl (C=O) groups is 1. The molecule has 0 aliphatic carbocycles. The van der Waals surface area contributed by atoms with Gasteiger partial charge in [-0.05, 0) is 6.07 Å². The normalized spacial score (nSPS) is 10.4. The summed E-state index contributed by atoms with van der Waals surface area (Å²) in [5, 5.41) is 2.31. The second kappa shape index (κ2) is 5.84. The maximum Gasteiger partial charge on any atom is 0.411 e. The van der Waals surface area contributed by atoms with E-state index in [2.05, 4.69) is 21.5 Å². The predicted molar refractivity (Wildman–Crippen MR) is 72.6 cm³/mol. The average molecular weight is 283 g/mol. The van der Waals surface area contributed by atoms with Gasteiger partial charge in [0.15, 0.2) is 11.6 Å². The van der Waals surface area contributed by atoms with Crippen molar-refractivity contribution in [2.24, 2.45) is 0 Å². The Hall–Kier alpha value is -1.87. The fourth-order valence-electron chi connectivity index (χ4n) is 1.17. The van der Waals surface area contributed by atoms with Gasteiger partial charge in [0.1, 0.15) is 8.07 Å². The zero-order chi connectivity index (χ0) is 14.6. The third-order valence-corrected chi connectivity index (χ3v) is 2.93. The molecule has 0 aromatic heterocycles. The van der Waals surface area contributed by atoms with Crippen LogP contribution < -0.4 is 5.32 Å². The molecule has 0 saturated heterocycles. The Balaban J connectivity index is 3.23. The number of amides is 1. The molecule has 0 spiro atoms. The van der Waals surface area contributed by atoms with Crippen LogP contribution in [0.15, 0.2) is 12.1 Å². The lowest BCUT2D eigenvalue weighted by Crippen LogP contribution is -2.17. The molecule has 0 unspecified atom stereocenters. The molecular formula is C13H15F2NO2Si. The number of hydrogen-bond donors (Lipinski definition) is 1. The molecule has 3 nitrogen and oxygen atoms in total. The van der Waals surface area contributed by atoms with E-state index in [9.17, 15) is 13.6 Å². The van der Waals surface area contributed by atoms with Crippen molar-refractivity contribution in [2.75, 3.05) is 12.4 Å². The van der Waals surface area contributed by atoms with Crippen LogP contribution in [0, 0.1) is 23.1 Å². The van der Waals surface area contributed by atoms with Crippen LogP contribution >= 0.6 is 0 Å². The van der Waals surface area contributed by atoms with E-state index in [-0.39, 0.29) is 11.3 Å². The quantitative estimate of drug-likeness (QED) is 0.634. The third kappa shape index (κ3) is 4.71. The SMILES string of the molecule is COC(=O)Nc1cc(F)c(F)cc1C#C[Si](C)(C)C. The van der Waals surface area contributed by atoms with Crippen molar-refractivity contribution in [2.45, 2.75) is 19.6 Å². The maximum atomic E-state index is 13.2. The van der Waals surface area contributed by atoms with Gasteiger partial charge in [0.2, 0.25) is 0 Å². The van der Waals surface area contributed by atoms with Gasteiger partial charge in [0, 0.05) is 6.07 Å². The van der Waals surface area contributed by atoms with Crippen LogP contribution in [0.4, 0.5) is 19.3 Å². The first-order valence-corrected chi connectivity index (χ1v) is 9.10. The Morgan fingerprint density at radius 3 is 2.37 bits per heavy atom. The van der Waals surface area contributed by atoms with Gasteiger partial charge in [0.05, 0.1) is 18.4 Å². The van der Waals surface area contributed by atoms with Crippen molar-refractivity contribution >= 4 is 19.9 Å². The van der Waals surface area contributed by atoms with Crippen molar-refractivity contribution in [3.8, 4) is 11.5 Å². The number of anilines is 1. The van der Waals surface area contributed by atoms with Crippen LogP contribution in [0.25, 0.3) is 0 Å². The summed E-state index contributed by atoms with van der Waals surface area (Å²) in [6, 6.07) is 1.86. The molecule has 0 radical (unpaired) electrons. The smallest absolute Gasteiger partial charge is 0.411 e. The van der Waals surface area contributed by atoms with Crippen LogP contribution in [0.5, 0.6) is 0 Å². The summed E-state index contributed by atoms with van der Waals surface area (Å²) in [5.41, 5.74) is 3.35. The number of nitrogens with one attached hydrogen (secondary N) is 1. The Morgan fingerprint density at radius 2 is 1.84 bits per heavy atom. The molecule has 0 bridgehead atoms. The van der Waals surface area contributed by atoms with Crippen LogP contribution in [-0.4, -0.2) is 21.3 Å². The largest absolute Gasteiger partial charge is 0.453 e. The Kier molecular flexibility index (Phi) is 4.67. The minimum atomic E-state index is -1.66. The summed E-state index contributed by atoms with van der Waals surface area (Å²) in [4.78, 5) is 11.1. The first-order valence-electron chi connectivity index (χ1n) is 5.60. The molecule has 0 heterocycles. The molecule has 0 aliphatic rings. The third-order valence-electron chi connectivity index (χ3n) is 2.05. The summed E-state index contributed by atoms with van der Waals surface area (Å²) in [6.07, 6.45) is -0.762. The van der Waals surface area contributed by atoms with Crippen molar-refractivity contribution in [3.05, 3.63) is 29.3 Å². The molecule has 1 amide bonds. The molecule has 1 N–H and O–H groups in total. The van der Waals surface area contributed by atoms with Gasteiger partial charge < -0.3 is 4.74 Å². The topological polar surface area (TPSA) is 38.3 Å². The van der Waals surface area contributed by atoms with E-state index in [1.807, 2.05) is 19.6 Å². The molecule has 102 valence electrons. The number of halogens is 2. The monoisotopic (exact) mass is 283 g/mol. The zero-order valence-corrected chi connectivity index (χ0v) is 12.2. The second-order valence-electron chi connectivity index (χ2n) is 4.93. The number of benzene rings is 1. The minimum Gasteiger partial charge on any atom is -0.453 e. The van der Waals surface area contributed by atoms with E-state index in [1.165, 1.54) is 7.11 Å². The van der Waals surface area contributed by atoms with Gasteiger partial charge in [-0.2, -0.15) is 0 Å². The maximum absolute atomic E-state index is 13.2. The van der Waals surface area contributed by atoms with Crippen LogP contribution in [0.3, 0.4) is 0 Å². The van der Waals surface area contributed by atoms with Crippen molar-refractivity contribution in [1.82, 2.24) is 0 Å². The lowest BCUT2D eigenvalue weighted by Gasteiger charge is -2.08. The van der Waals surface area contributed by atoms with E-state index in [1.54, 1.807) is 0 Å². The second-order valence-corrected chi connectivity index (χ2v) is 9.68. The molecule has 0 saturated carbocycles. The van der Waals surface area contributed by atoms with Crippen LogP contribution in [0.2, 0.25) is 19.6 Å². The standard InChI is InChI=1S/C13H15F2NO2Si/c1-18-13(17)16-12-8-11(15)10(14)7-9(12)5-6-19(2,3)4/h7-8H,1-4H3,(H,16,17). The highest BCUT2D eigenvalue weighted by Crippen LogP contribution is 2.19. The van der Waals surface area contributed by atoms with Gasteiger partial charge in [-0.15, -0.1) is 5.54 Å². The molecular weight excluding hydrogens is 268 g/mol. The lowest BCUT2D eigenvalue weighted by atomic mass is 10.2. The van der Waals surface area contributed by atoms with E-state index in [0.717, 1.165) is 12.1 Å². The summed E-state index contributed by atoms with van der Waals surface area (Å²) in [7, 11) is -0.480. The fraction of sp³-hybridized carbons (Fsp3) is 0.308. The Morgan fingerprint density at radius 1 is 1.26 bits per heavy atom. The highest BCUT2D eigenvalue weighted by molar-refractivity contribution is 6.83. The van der Waals surface area contributed by atoms with Crippen molar-refractivity contribution < 1.29 is 18.3 Å². The summed E-state index contributed by atoms with van der Waals surface area (Å²) >= 11 is 0. The van der Waals surface area contributed by atoms with Gasteiger partial charge in [0.25, 0.3) is 0 Å². The van der Waals surface area contributed by atoms with E-state index in [4.69, 9.17) is 0 Å². The Bertz CT molecular complexity index is 556. The molecule has 1 aromatic carbocycles. The highest BCUT2D eigenvalue weighted by Gasteiger charge is 2.13. The van der Waals surface area contributed by atoms with Crippen molar-refractivity contribution in [3.63, 3.8) is 0 Å². The Labute approximate surface area is 112 Å². The molecule has 0 fully saturated rings. The fourth-order valence-corrected chi connectivity index (χ4v) is 1.68. The number of carbonyl (C=O) groups excluding carboxylic acids is 1. The summed E-state index contributed by atoms with van der Waals surface area (Å²) < 4.78 is 30.8. The lowest BCUT2D eigenvalue weighted by molar-refractivity contribution is 0.187. The summed E-state index contributed by atoms with van der Waals surface area (Å²) in [5.74, 6) is 0.730. The predicted octanol–water partition coefficient (Wildman–Crippen LogP) is 3.37. The molecule has 1 aromatic rings. The van der Waals surface area contributed by atoms with Gasteiger partial charge in [-0.3, -0.25) is 5.32 Å². The number of methoxy groups -OCH3 is 1. The number of hydrogen-bond acceptors (Lipinski definition) is 2. The van der Waals surface area contributed by atoms with Crippen molar-refractivity contribution in [1.29, 1.82) is 0 Å². The van der Waals surface area contributed by atoms with E-state index >= 15 is 0 Å². The minimum absolute atomic E-state index is 0.0940. The van der Waals surface area contributed by atoms with Gasteiger partial charge >= 0.3 is 6.09 Å². The van der Waals surface area contributed by atoms with E-state index in [0.29, 0.717) is 0 Å². The number of ether oxygens (including phenoxy) is 1. The van der Waals surface area contributed by atoms with E-state index < -0.39 is 25.8 Å². The summed E-state index contributed by atoms with van der Waals surface area (Å²) in [6.45, 7) is 6.06. The van der Waals surface area contributed by atoms with Crippen LogP contribution in [-0.2, 0) is 4.74 Å².